The fraction of sp³-hybridized carbons (Fsp3) is 0.833. The van der Waals surface area contributed by atoms with Crippen LogP contribution >= 0.6 is 0 Å². The zero-order valence-electron chi connectivity index (χ0n) is 9.78. The predicted octanol–water partition coefficient (Wildman–Crippen LogP) is 4.42. The minimum absolute atomic E-state index is 0.400. The maximum atomic E-state index is 2.41. The average molecular weight is 168 g/mol. The Hall–Kier alpha value is -0.260. The Morgan fingerprint density at radius 3 is 1.58 bits per heavy atom. The second kappa shape index (κ2) is 3.64. The van der Waals surface area contributed by atoms with Crippen molar-refractivity contribution in [3.8, 4) is 0 Å². The monoisotopic (exact) mass is 168 g/mol. The van der Waals surface area contributed by atoms with Crippen LogP contribution in [0, 0.1) is 10.8 Å². The lowest BCUT2D eigenvalue weighted by Crippen LogP contribution is -2.25. The van der Waals surface area contributed by atoms with E-state index in [1.54, 1.807) is 5.57 Å². The van der Waals surface area contributed by atoms with Crippen LogP contribution in [0.1, 0.15) is 54.9 Å². The number of hydrogen-bond donors (Lipinski definition) is 0. The largest absolute Gasteiger partial charge is 0.0794 e. The van der Waals surface area contributed by atoms with E-state index in [9.17, 15) is 0 Å². The minimum atomic E-state index is 0.400. The van der Waals surface area contributed by atoms with Crippen molar-refractivity contribution >= 4 is 0 Å². The molecule has 0 heterocycles. The lowest BCUT2D eigenvalue weighted by Gasteiger charge is -2.34. The van der Waals surface area contributed by atoms with E-state index < -0.39 is 0 Å². The van der Waals surface area contributed by atoms with E-state index in [0.29, 0.717) is 10.8 Å². The van der Waals surface area contributed by atoms with Gasteiger partial charge in [-0.25, -0.2) is 0 Å². The highest BCUT2D eigenvalue weighted by Gasteiger charge is 2.39. The van der Waals surface area contributed by atoms with E-state index in [2.05, 4.69) is 40.7 Å². The molecule has 0 atom stereocenters. The van der Waals surface area contributed by atoms with E-state index in [0.717, 1.165) is 0 Å². The number of allylic oxidation sites excluding steroid dienone is 2. The maximum absolute atomic E-state index is 2.41. The van der Waals surface area contributed by atoms with Crippen LogP contribution in [0.4, 0.5) is 0 Å². The smallest absolute Gasteiger partial charge is 0.0118 e. The first kappa shape index (κ1) is 11.7. The third-order valence-corrected chi connectivity index (χ3v) is 3.07. The molecular weight excluding hydrogens is 144 g/mol. The molecule has 0 aliphatic heterocycles. The van der Waals surface area contributed by atoms with Crippen molar-refractivity contribution in [1.29, 1.82) is 0 Å². The molecule has 1 aliphatic carbocycles. The summed E-state index contributed by atoms with van der Waals surface area (Å²) in [5.41, 5.74) is 2.42. The summed E-state index contributed by atoms with van der Waals surface area (Å²) in [7, 11) is 0. The minimum Gasteiger partial charge on any atom is -0.0794 e. The van der Waals surface area contributed by atoms with E-state index in [1.165, 1.54) is 6.42 Å². The van der Waals surface area contributed by atoms with Gasteiger partial charge in [0.2, 0.25) is 0 Å². The van der Waals surface area contributed by atoms with Gasteiger partial charge in [-0.05, 0) is 24.2 Å². The fourth-order valence-electron chi connectivity index (χ4n) is 1.79. The molecule has 72 valence electrons. The lowest BCUT2D eigenvalue weighted by atomic mass is 9.70. The molecule has 0 amide bonds. The Morgan fingerprint density at radius 2 is 1.50 bits per heavy atom. The summed E-state index contributed by atoms with van der Waals surface area (Å²) in [6.07, 6.45) is 3.67. The Kier molecular flexibility index (Phi) is 3.56. The molecule has 0 spiro atoms. The molecule has 0 fully saturated rings. The third-order valence-electron chi connectivity index (χ3n) is 3.07. The van der Waals surface area contributed by atoms with E-state index in [1.807, 2.05) is 13.8 Å². The van der Waals surface area contributed by atoms with Gasteiger partial charge in [0.25, 0.3) is 0 Å². The van der Waals surface area contributed by atoms with Crippen molar-refractivity contribution < 1.29 is 0 Å². The van der Waals surface area contributed by atoms with Crippen LogP contribution in [0.2, 0.25) is 0 Å². The van der Waals surface area contributed by atoms with Crippen LogP contribution in [-0.4, -0.2) is 0 Å². The fourth-order valence-corrected chi connectivity index (χ4v) is 1.79. The molecule has 12 heavy (non-hydrogen) atoms. The standard InChI is InChI=1S/C10H18.C2H6/c1-8-6-9(2,3)10(4,5)7-8;1-2/h6H,7H2,1-5H3;1-2H3. The highest BCUT2D eigenvalue weighted by Crippen LogP contribution is 2.50. The van der Waals surface area contributed by atoms with Gasteiger partial charge in [-0.3, -0.25) is 0 Å². The van der Waals surface area contributed by atoms with Crippen LogP contribution in [0.25, 0.3) is 0 Å². The highest BCUT2D eigenvalue weighted by atomic mass is 14.4. The summed E-state index contributed by atoms with van der Waals surface area (Å²) in [5, 5.41) is 0. The van der Waals surface area contributed by atoms with E-state index in [4.69, 9.17) is 0 Å². The molecular formula is C12H24. The van der Waals surface area contributed by atoms with Crippen LogP contribution in [0.5, 0.6) is 0 Å². The Labute approximate surface area is 78.1 Å². The van der Waals surface area contributed by atoms with Gasteiger partial charge in [0.05, 0.1) is 0 Å². The first-order valence-electron chi connectivity index (χ1n) is 5.03. The summed E-state index contributed by atoms with van der Waals surface area (Å²) < 4.78 is 0. The van der Waals surface area contributed by atoms with Gasteiger partial charge < -0.3 is 0 Å². The molecule has 0 radical (unpaired) electrons. The average Bonchev–Trinajstić information content (AvgIpc) is 2.04. The van der Waals surface area contributed by atoms with Crippen LogP contribution in [0.3, 0.4) is 0 Å². The van der Waals surface area contributed by atoms with Gasteiger partial charge in [-0.15, -0.1) is 0 Å². The second-order valence-corrected chi connectivity index (χ2v) is 4.77. The molecule has 0 aromatic carbocycles. The molecule has 0 nitrogen and oxygen atoms in total. The molecule has 0 N–H and O–H groups in total. The molecule has 1 aliphatic rings. The summed E-state index contributed by atoms with van der Waals surface area (Å²) in [6.45, 7) is 15.6. The zero-order chi connectivity index (χ0) is 9.99. The molecule has 0 heteroatoms. The quantitative estimate of drug-likeness (QED) is 0.470. The van der Waals surface area contributed by atoms with Crippen molar-refractivity contribution in [3.63, 3.8) is 0 Å². The van der Waals surface area contributed by atoms with E-state index >= 15 is 0 Å². The van der Waals surface area contributed by atoms with Crippen LogP contribution in [0.15, 0.2) is 11.6 Å². The normalized spacial score (nSPS) is 24.1. The van der Waals surface area contributed by atoms with Gasteiger partial charge in [0.15, 0.2) is 0 Å². The van der Waals surface area contributed by atoms with Crippen molar-refractivity contribution in [1.82, 2.24) is 0 Å². The van der Waals surface area contributed by atoms with E-state index in [-0.39, 0.29) is 0 Å². The second-order valence-electron chi connectivity index (χ2n) is 4.77. The van der Waals surface area contributed by atoms with Crippen molar-refractivity contribution in [2.45, 2.75) is 54.9 Å². The summed E-state index contributed by atoms with van der Waals surface area (Å²) >= 11 is 0. The van der Waals surface area contributed by atoms with Gasteiger partial charge in [0.1, 0.15) is 0 Å². The zero-order valence-corrected chi connectivity index (χ0v) is 9.78. The molecule has 0 aromatic heterocycles. The van der Waals surface area contributed by atoms with Gasteiger partial charge in [-0.1, -0.05) is 53.2 Å². The van der Waals surface area contributed by atoms with Crippen molar-refractivity contribution in [3.05, 3.63) is 11.6 Å². The van der Waals surface area contributed by atoms with Gasteiger partial charge in [0, 0.05) is 0 Å². The van der Waals surface area contributed by atoms with Gasteiger partial charge >= 0.3 is 0 Å². The maximum Gasteiger partial charge on any atom is -0.0118 e. The predicted molar refractivity (Wildman–Crippen MR) is 57.3 cm³/mol. The molecule has 0 aromatic rings. The SMILES string of the molecule is CC.CC1=CC(C)(C)C(C)(C)C1. The molecule has 0 bridgehead atoms. The third kappa shape index (κ3) is 2.12. The van der Waals surface area contributed by atoms with Gasteiger partial charge in [-0.2, -0.15) is 0 Å². The lowest BCUT2D eigenvalue weighted by molar-refractivity contribution is 0.189. The molecule has 0 saturated heterocycles. The first-order chi connectivity index (χ1) is 5.35. The van der Waals surface area contributed by atoms with Crippen LogP contribution in [-0.2, 0) is 0 Å². The number of rotatable bonds is 0. The Morgan fingerprint density at radius 1 is 1.08 bits per heavy atom. The summed E-state index contributed by atoms with van der Waals surface area (Å²) in [6, 6.07) is 0. The summed E-state index contributed by atoms with van der Waals surface area (Å²) in [5.74, 6) is 0. The molecule has 0 saturated carbocycles. The highest BCUT2D eigenvalue weighted by molar-refractivity contribution is 5.19. The molecule has 0 unspecified atom stereocenters. The molecule has 1 rings (SSSR count). The topological polar surface area (TPSA) is 0 Å². The Balaban J connectivity index is 0.000000561. The summed E-state index contributed by atoms with van der Waals surface area (Å²) in [4.78, 5) is 0. The number of hydrogen-bond acceptors (Lipinski definition) is 0. The van der Waals surface area contributed by atoms with Crippen molar-refractivity contribution in [2.24, 2.45) is 10.8 Å². The van der Waals surface area contributed by atoms with Crippen molar-refractivity contribution in [2.75, 3.05) is 0 Å². The Bertz CT molecular complexity index is 170. The first-order valence-corrected chi connectivity index (χ1v) is 5.03. The van der Waals surface area contributed by atoms with Crippen LogP contribution < -0.4 is 0 Å².